The van der Waals surface area contributed by atoms with Crippen LogP contribution < -0.4 is 0 Å². The maximum absolute atomic E-state index is 13.1. The molecule has 0 nitrogen and oxygen atoms in total. The van der Waals surface area contributed by atoms with Gasteiger partial charge in [-0.2, -0.15) is 13.2 Å². The van der Waals surface area contributed by atoms with Crippen molar-refractivity contribution in [1.29, 1.82) is 0 Å². The smallest absolute Gasteiger partial charge is 0.204 e. The summed E-state index contributed by atoms with van der Waals surface area (Å²) in [4.78, 5) is 0. The molecule has 2 aromatic rings. The van der Waals surface area contributed by atoms with Crippen LogP contribution in [0.25, 0.3) is 11.1 Å². The van der Waals surface area contributed by atoms with Gasteiger partial charge in [-0.25, -0.2) is 13.2 Å². The molecule has 6 heteroatoms. The third-order valence-corrected chi connectivity index (χ3v) is 2.86. The molecule has 2 rings (SSSR count). The van der Waals surface area contributed by atoms with Crippen molar-refractivity contribution in [3.05, 3.63) is 58.9 Å². The second-order valence-corrected chi connectivity index (χ2v) is 4.28. The Balaban J connectivity index is 2.60. The first kappa shape index (κ1) is 14.4. The maximum atomic E-state index is 13.1. The molecule has 0 unspecified atom stereocenters. The van der Waals surface area contributed by atoms with E-state index in [-0.39, 0.29) is 16.7 Å². The van der Waals surface area contributed by atoms with E-state index in [1.807, 2.05) is 0 Å². The molecule has 0 aliphatic carbocycles. The van der Waals surface area contributed by atoms with Crippen LogP contribution in [0.4, 0.5) is 26.3 Å². The van der Waals surface area contributed by atoms with Gasteiger partial charge in [0.25, 0.3) is 0 Å². The van der Waals surface area contributed by atoms with Crippen molar-refractivity contribution >= 4 is 0 Å². The molecule has 0 fully saturated rings. The summed E-state index contributed by atoms with van der Waals surface area (Å²) in [6.45, 7) is 1.28. The third kappa shape index (κ3) is 2.64. The molecule has 0 bridgehead atoms. The van der Waals surface area contributed by atoms with E-state index in [4.69, 9.17) is 0 Å². The predicted molar refractivity (Wildman–Crippen MR) is 61.5 cm³/mol. The van der Waals surface area contributed by atoms with Crippen molar-refractivity contribution in [2.45, 2.75) is 13.1 Å². The fourth-order valence-corrected chi connectivity index (χ4v) is 1.83. The van der Waals surface area contributed by atoms with Crippen LogP contribution in [0.2, 0.25) is 0 Å². The molecule has 0 atom stereocenters. The second kappa shape index (κ2) is 4.85. The van der Waals surface area contributed by atoms with Crippen LogP contribution in [-0.2, 0) is 6.18 Å². The van der Waals surface area contributed by atoms with Gasteiger partial charge in [0.2, 0.25) is 0 Å². The highest BCUT2D eigenvalue weighted by Crippen LogP contribution is 2.35. The van der Waals surface area contributed by atoms with Crippen LogP contribution in [-0.4, -0.2) is 0 Å². The molecule has 0 aliphatic rings. The summed E-state index contributed by atoms with van der Waals surface area (Å²) in [5.41, 5.74) is -1.11. The van der Waals surface area contributed by atoms with E-state index in [2.05, 4.69) is 0 Å². The lowest BCUT2D eigenvalue weighted by Gasteiger charge is -2.12. The van der Waals surface area contributed by atoms with Crippen molar-refractivity contribution < 1.29 is 26.3 Å². The van der Waals surface area contributed by atoms with E-state index >= 15 is 0 Å². The predicted octanol–water partition coefficient (Wildman–Crippen LogP) is 5.10. The number of halogens is 6. The van der Waals surface area contributed by atoms with Crippen LogP contribution in [0.3, 0.4) is 0 Å². The normalized spacial score (nSPS) is 11.8. The standard InChI is InChI=1S/C14H8F6/c1-7-2-3-8(4-10(7)14(18,19)20)9-5-11(15)13(17)12(16)6-9/h2-6H,1H3. The van der Waals surface area contributed by atoms with E-state index < -0.39 is 29.2 Å². The van der Waals surface area contributed by atoms with Gasteiger partial charge in [-0.05, 0) is 41.8 Å². The Morgan fingerprint density at radius 3 is 1.85 bits per heavy atom. The number of aryl methyl sites for hydroxylation is 1. The summed E-state index contributed by atoms with van der Waals surface area (Å²) < 4.78 is 77.3. The van der Waals surface area contributed by atoms with E-state index in [1.165, 1.54) is 19.1 Å². The lowest BCUT2D eigenvalue weighted by atomic mass is 9.99. The first-order valence-electron chi connectivity index (χ1n) is 5.53. The summed E-state index contributed by atoms with van der Waals surface area (Å²) in [5.74, 6) is -4.56. The number of benzene rings is 2. The second-order valence-electron chi connectivity index (χ2n) is 4.28. The van der Waals surface area contributed by atoms with E-state index in [9.17, 15) is 26.3 Å². The molecule has 0 aliphatic heterocycles. The molecule has 0 radical (unpaired) electrons. The highest BCUT2D eigenvalue weighted by Gasteiger charge is 2.32. The van der Waals surface area contributed by atoms with Crippen LogP contribution in [0, 0.1) is 24.4 Å². The lowest BCUT2D eigenvalue weighted by molar-refractivity contribution is -0.138. The van der Waals surface area contributed by atoms with E-state index in [1.54, 1.807) is 0 Å². The zero-order chi connectivity index (χ0) is 15.1. The Labute approximate surface area is 110 Å². The fraction of sp³-hybridized carbons (Fsp3) is 0.143. The minimum absolute atomic E-state index is 0.00990. The van der Waals surface area contributed by atoms with Gasteiger partial charge in [0.1, 0.15) is 0 Å². The van der Waals surface area contributed by atoms with Gasteiger partial charge in [-0.3, -0.25) is 0 Å². The summed E-state index contributed by atoms with van der Waals surface area (Å²) in [6.07, 6.45) is -4.57. The monoisotopic (exact) mass is 290 g/mol. The minimum Gasteiger partial charge on any atom is -0.204 e. The quantitative estimate of drug-likeness (QED) is 0.506. The van der Waals surface area contributed by atoms with Crippen molar-refractivity contribution in [2.75, 3.05) is 0 Å². The molecular weight excluding hydrogens is 282 g/mol. The van der Waals surface area contributed by atoms with Crippen molar-refractivity contribution in [1.82, 2.24) is 0 Å². The average molecular weight is 290 g/mol. The number of alkyl halides is 3. The zero-order valence-electron chi connectivity index (χ0n) is 10.2. The summed E-state index contributed by atoms with van der Waals surface area (Å²) in [5, 5.41) is 0. The molecular formula is C14H8F6. The molecule has 0 aromatic heterocycles. The van der Waals surface area contributed by atoms with Gasteiger partial charge < -0.3 is 0 Å². The Bertz CT molecular complexity index is 634. The Kier molecular flexibility index (Phi) is 3.50. The van der Waals surface area contributed by atoms with Crippen molar-refractivity contribution in [2.24, 2.45) is 0 Å². The van der Waals surface area contributed by atoms with Crippen LogP contribution >= 0.6 is 0 Å². The summed E-state index contributed by atoms with van der Waals surface area (Å²) in [6, 6.07) is 4.57. The van der Waals surface area contributed by atoms with Gasteiger partial charge in [0, 0.05) is 0 Å². The zero-order valence-corrected chi connectivity index (χ0v) is 10.2. The van der Waals surface area contributed by atoms with E-state index in [0.717, 1.165) is 6.07 Å². The minimum atomic E-state index is -4.57. The highest BCUT2D eigenvalue weighted by atomic mass is 19.4. The van der Waals surface area contributed by atoms with Crippen molar-refractivity contribution in [3.8, 4) is 11.1 Å². The first-order valence-corrected chi connectivity index (χ1v) is 5.53. The Morgan fingerprint density at radius 2 is 1.35 bits per heavy atom. The van der Waals surface area contributed by atoms with Gasteiger partial charge in [-0.15, -0.1) is 0 Å². The van der Waals surface area contributed by atoms with Gasteiger partial charge in [-0.1, -0.05) is 12.1 Å². The van der Waals surface area contributed by atoms with Crippen molar-refractivity contribution in [3.63, 3.8) is 0 Å². The number of rotatable bonds is 1. The Hall–Kier alpha value is -1.98. The number of hydrogen-bond donors (Lipinski definition) is 0. The molecule has 2 aromatic carbocycles. The molecule has 0 N–H and O–H groups in total. The summed E-state index contributed by atoms with van der Waals surface area (Å²) >= 11 is 0. The Morgan fingerprint density at radius 1 is 0.800 bits per heavy atom. The molecule has 0 spiro atoms. The third-order valence-electron chi connectivity index (χ3n) is 2.86. The van der Waals surface area contributed by atoms with E-state index in [0.29, 0.717) is 12.1 Å². The summed E-state index contributed by atoms with van der Waals surface area (Å²) in [7, 11) is 0. The average Bonchev–Trinajstić information content (AvgIpc) is 2.34. The molecule has 0 saturated heterocycles. The van der Waals surface area contributed by atoms with Crippen LogP contribution in [0.5, 0.6) is 0 Å². The highest BCUT2D eigenvalue weighted by molar-refractivity contribution is 5.65. The topological polar surface area (TPSA) is 0 Å². The van der Waals surface area contributed by atoms with Crippen LogP contribution in [0.15, 0.2) is 30.3 Å². The SMILES string of the molecule is Cc1ccc(-c2cc(F)c(F)c(F)c2)cc1C(F)(F)F. The van der Waals surface area contributed by atoms with Gasteiger partial charge in [0.15, 0.2) is 17.5 Å². The van der Waals surface area contributed by atoms with Gasteiger partial charge >= 0.3 is 6.18 Å². The fourth-order valence-electron chi connectivity index (χ4n) is 1.83. The molecule has 20 heavy (non-hydrogen) atoms. The molecule has 0 saturated carbocycles. The molecule has 0 amide bonds. The largest absolute Gasteiger partial charge is 0.416 e. The maximum Gasteiger partial charge on any atom is 0.416 e. The van der Waals surface area contributed by atoms with Gasteiger partial charge in [0.05, 0.1) is 5.56 Å². The first-order chi connectivity index (χ1) is 9.20. The number of hydrogen-bond acceptors (Lipinski definition) is 0. The lowest BCUT2D eigenvalue weighted by Crippen LogP contribution is -2.07. The molecule has 0 heterocycles. The molecule has 106 valence electrons. The van der Waals surface area contributed by atoms with Crippen LogP contribution in [0.1, 0.15) is 11.1 Å².